The van der Waals surface area contributed by atoms with Crippen molar-refractivity contribution >= 4 is 5.91 Å². The van der Waals surface area contributed by atoms with E-state index in [9.17, 15) is 4.79 Å². The molecule has 1 amide bonds. The van der Waals surface area contributed by atoms with Crippen molar-refractivity contribution in [3.05, 3.63) is 0 Å². The highest BCUT2D eigenvalue weighted by Gasteiger charge is 2.56. The van der Waals surface area contributed by atoms with E-state index in [-0.39, 0.29) is 5.54 Å². The van der Waals surface area contributed by atoms with Crippen molar-refractivity contribution in [3.63, 3.8) is 0 Å². The van der Waals surface area contributed by atoms with Crippen LogP contribution in [0.3, 0.4) is 0 Å². The van der Waals surface area contributed by atoms with Crippen LogP contribution in [0, 0.1) is 0 Å². The molecule has 3 heteroatoms. The fourth-order valence-electron chi connectivity index (χ4n) is 3.04. The topological polar surface area (TPSA) is 32.3 Å². The molecule has 2 saturated carbocycles. The SMILES string of the molecule is O=C1N(C2CCCCCC2)CNC12CC2. The van der Waals surface area contributed by atoms with E-state index in [1.54, 1.807) is 0 Å². The molecule has 15 heavy (non-hydrogen) atoms. The molecule has 3 aliphatic rings. The largest absolute Gasteiger partial charge is 0.325 e. The predicted molar refractivity (Wildman–Crippen MR) is 58.3 cm³/mol. The smallest absolute Gasteiger partial charge is 0.244 e. The Hall–Kier alpha value is -0.570. The fraction of sp³-hybridized carbons (Fsp3) is 0.917. The van der Waals surface area contributed by atoms with Crippen LogP contribution in [-0.4, -0.2) is 29.1 Å². The molecule has 1 N–H and O–H groups in total. The van der Waals surface area contributed by atoms with Crippen LogP contribution < -0.4 is 5.32 Å². The van der Waals surface area contributed by atoms with Gasteiger partial charge in [0.1, 0.15) is 0 Å². The Morgan fingerprint density at radius 2 is 1.80 bits per heavy atom. The highest BCUT2D eigenvalue weighted by atomic mass is 16.2. The number of carbonyl (C=O) groups is 1. The lowest BCUT2D eigenvalue weighted by Crippen LogP contribution is -2.39. The summed E-state index contributed by atoms with van der Waals surface area (Å²) in [5, 5.41) is 3.40. The van der Waals surface area contributed by atoms with Crippen molar-refractivity contribution < 1.29 is 4.79 Å². The van der Waals surface area contributed by atoms with Gasteiger partial charge in [-0.1, -0.05) is 25.7 Å². The van der Waals surface area contributed by atoms with Crippen LogP contribution in [-0.2, 0) is 4.79 Å². The van der Waals surface area contributed by atoms with Crippen molar-refractivity contribution in [2.75, 3.05) is 6.67 Å². The summed E-state index contributed by atoms with van der Waals surface area (Å²) >= 11 is 0. The van der Waals surface area contributed by atoms with Crippen molar-refractivity contribution in [1.29, 1.82) is 0 Å². The first-order valence-corrected chi connectivity index (χ1v) is 6.38. The minimum absolute atomic E-state index is 0.0910. The second-order valence-electron chi connectivity index (χ2n) is 5.34. The maximum Gasteiger partial charge on any atom is 0.244 e. The molecule has 2 aliphatic carbocycles. The standard InChI is InChI=1S/C12H20N2O/c15-11-12(7-8-12)13-9-14(11)10-5-3-1-2-4-6-10/h10,13H,1-9H2. The minimum Gasteiger partial charge on any atom is -0.325 e. The zero-order valence-electron chi connectivity index (χ0n) is 9.30. The van der Waals surface area contributed by atoms with Crippen molar-refractivity contribution in [2.45, 2.75) is 62.9 Å². The first-order chi connectivity index (χ1) is 7.32. The average molecular weight is 208 g/mol. The molecule has 1 saturated heterocycles. The van der Waals surface area contributed by atoms with Crippen LogP contribution in [0.4, 0.5) is 0 Å². The molecule has 3 fully saturated rings. The van der Waals surface area contributed by atoms with E-state index in [1.807, 2.05) is 0 Å². The summed E-state index contributed by atoms with van der Waals surface area (Å²) < 4.78 is 0. The molecule has 0 aromatic rings. The van der Waals surface area contributed by atoms with Crippen LogP contribution in [0.15, 0.2) is 0 Å². The number of hydrogen-bond donors (Lipinski definition) is 1. The molecule has 3 nitrogen and oxygen atoms in total. The summed E-state index contributed by atoms with van der Waals surface area (Å²) in [6.07, 6.45) is 9.91. The van der Waals surface area contributed by atoms with Crippen molar-refractivity contribution in [1.82, 2.24) is 10.2 Å². The Morgan fingerprint density at radius 1 is 1.13 bits per heavy atom. The maximum absolute atomic E-state index is 12.2. The second-order valence-corrected chi connectivity index (χ2v) is 5.34. The van der Waals surface area contributed by atoms with Crippen LogP contribution in [0.2, 0.25) is 0 Å². The van der Waals surface area contributed by atoms with Crippen LogP contribution in [0.5, 0.6) is 0 Å². The zero-order valence-corrected chi connectivity index (χ0v) is 9.30. The highest BCUT2D eigenvalue weighted by Crippen LogP contribution is 2.41. The summed E-state index contributed by atoms with van der Waals surface area (Å²) in [6, 6.07) is 0.535. The van der Waals surface area contributed by atoms with Crippen LogP contribution in [0.25, 0.3) is 0 Å². The minimum atomic E-state index is -0.0910. The van der Waals surface area contributed by atoms with Crippen LogP contribution >= 0.6 is 0 Å². The van der Waals surface area contributed by atoms with E-state index < -0.39 is 0 Å². The van der Waals surface area contributed by atoms with Gasteiger partial charge >= 0.3 is 0 Å². The molecule has 0 aromatic carbocycles. The van der Waals surface area contributed by atoms with E-state index in [4.69, 9.17) is 0 Å². The van der Waals surface area contributed by atoms with E-state index >= 15 is 0 Å². The van der Waals surface area contributed by atoms with Gasteiger partial charge in [0.05, 0.1) is 12.2 Å². The normalized spacial score (nSPS) is 30.9. The zero-order chi connectivity index (χ0) is 10.3. The maximum atomic E-state index is 12.2. The lowest BCUT2D eigenvalue weighted by molar-refractivity contribution is -0.131. The lowest BCUT2D eigenvalue weighted by atomic mass is 10.1. The number of rotatable bonds is 1. The Kier molecular flexibility index (Phi) is 2.23. The van der Waals surface area contributed by atoms with Gasteiger partial charge in [0.15, 0.2) is 0 Å². The predicted octanol–water partition coefficient (Wildman–Crippen LogP) is 1.63. The summed E-state index contributed by atoms with van der Waals surface area (Å²) in [4.78, 5) is 14.3. The summed E-state index contributed by atoms with van der Waals surface area (Å²) in [6.45, 7) is 0.809. The molecule has 0 bridgehead atoms. The molecule has 1 spiro atoms. The molecule has 0 atom stereocenters. The van der Waals surface area contributed by atoms with Gasteiger partial charge in [-0.25, -0.2) is 0 Å². The van der Waals surface area contributed by atoms with Gasteiger partial charge in [-0.15, -0.1) is 0 Å². The van der Waals surface area contributed by atoms with Gasteiger partial charge in [-0.05, 0) is 25.7 Å². The third kappa shape index (κ3) is 1.57. The van der Waals surface area contributed by atoms with Crippen molar-refractivity contribution in [2.24, 2.45) is 0 Å². The first kappa shape index (κ1) is 9.64. The van der Waals surface area contributed by atoms with E-state index in [1.165, 1.54) is 38.5 Å². The summed E-state index contributed by atoms with van der Waals surface area (Å²) in [5.41, 5.74) is -0.0910. The molecule has 1 heterocycles. The lowest BCUT2D eigenvalue weighted by Gasteiger charge is -2.26. The Morgan fingerprint density at radius 3 is 2.33 bits per heavy atom. The number of nitrogens with zero attached hydrogens (tertiary/aromatic N) is 1. The second kappa shape index (κ2) is 3.48. The first-order valence-electron chi connectivity index (χ1n) is 6.38. The molecular weight excluding hydrogens is 188 g/mol. The van der Waals surface area contributed by atoms with Gasteiger partial charge < -0.3 is 4.90 Å². The molecule has 84 valence electrons. The molecule has 0 aromatic heterocycles. The Balaban J connectivity index is 1.68. The van der Waals surface area contributed by atoms with Crippen molar-refractivity contribution in [3.8, 4) is 0 Å². The number of carbonyl (C=O) groups excluding carboxylic acids is 1. The number of nitrogens with one attached hydrogen (secondary N) is 1. The van der Waals surface area contributed by atoms with Gasteiger partial charge in [-0.3, -0.25) is 10.1 Å². The van der Waals surface area contributed by atoms with Gasteiger partial charge in [0, 0.05) is 6.04 Å². The summed E-state index contributed by atoms with van der Waals surface area (Å²) in [5.74, 6) is 0.398. The fourth-order valence-corrected chi connectivity index (χ4v) is 3.04. The molecule has 1 aliphatic heterocycles. The average Bonchev–Trinajstić information content (AvgIpc) is 2.97. The number of hydrogen-bond acceptors (Lipinski definition) is 2. The monoisotopic (exact) mass is 208 g/mol. The molecular formula is C12H20N2O. The molecule has 0 unspecified atom stereocenters. The molecule has 3 rings (SSSR count). The summed E-state index contributed by atoms with van der Waals surface area (Å²) in [7, 11) is 0. The Bertz CT molecular complexity index is 265. The van der Waals surface area contributed by atoms with Gasteiger partial charge in [0.2, 0.25) is 5.91 Å². The van der Waals surface area contributed by atoms with Gasteiger partial charge in [0.25, 0.3) is 0 Å². The quantitative estimate of drug-likeness (QED) is 0.664. The third-order valence-electron chi connectivity index (χ3n) is 4.27. The highest BCUT2D eigenvalue weighted by molar-refractivity contribution is 5.91. The van der Waals surface area contributed by atoms with Crippen LogP contribution in [0.1, 0.15) is 51.4 Å². The van der Waals surface area contributed by atoms with E-state index in [0.29, 0.717) is 11.9 Å². The van der Waals surface area contributed by atoms with E-state index in [0.717, 1.165) is 19.5 Å². The Labute approximate surface area is 91.2 Å². The molecule has 0 radical (unpaired) electrons. The van der Waals surface area contributed by atoms with E-state index in [2.05, 4.69) is 10.2 Å². The number of amides is 1. The third-order valence-corrected chi connectivity index (χ3v) is 4.27. The van der Waals surface area contributed by atoms with Gasteiger partial charge in [-0.2, -0.15) is 0 Å².